The van der Waals surface area contributed by atoms with Crippen molar-refractivity contribution >= 4 is 10.9 Å². The molecular weight excluding hydrogens is 177 g/mol. The molecule has 72 valence electrons. The molecule has 0 saturated carbocycles. The van der Waals surface area contributed by atoms with Crippen molar-refractivity contribution in [3.8, 4) is 0 Å². The van der Waals surface area contributed by atoms with Crippen molar-refractivity contribution in [2.45, 2.75) is 26.2 Å². The third-order valence-electron chi connectivity index (χ3n) is 3.12. The van der Waals surface area contributed by atoms with Crippen LogP contribution in [-0.4, -0.2) is 4.98 Å². The molecule has 0 spiro atoms. The summed E-state index contributed by atoms with van der Waals surface area (Å²) in [6, 6.07) is 3.25. The zero-order valence-corrected chi connectivity index (χ0v) is 8.15. The topological polar surface area (TPSA) is 15.8 Å². The second-order valence-corrected chi connectivity index (χ2v) is 4.08. The van der Waals surface area contributed by atoms with E-state index >= 15 is 0 Å². The van der Waals surface area contributed by atoms with Gasteiger partial charge in [0.2, 0.25) is 0 Å². The van der Waals surface area contributed by atoms with Gasteiger partial charge in [-0.2, -0.15) is 0 Å². The molecule has 0 radical (unpaired) electrons. The molecule has 2 heteroatoms. The van der Waals surface area contributed by atoms with E-state index in [0.717, 1.165) is 29.3 Å². The van der Waals surface area contributed by atoms with E-state index in [2.05, 4.69) is 4.98 Å². The molecule has 1 aliphatic carbocycles. The van der Waals surface area contributed by atoms with Gasteiger partial charge in [0.1, 0.15) is 5.82 Å². The molecule has 14 heavy (non-hydrogen) atoms. The summed E-state index contributed by atoms with van der Waals surface area (Å²) in [4.78, 5) is 3.40. The van der Waals surface area contributed by atoms with E-state index in [1.807, 2.05) is 6.92 Å². The summed E-state index contributed by atoms with van der Waals surface area (Å²) in [5, 5.41) is 1.09. The fourth-order valence-electron chi connectivity index (χ4n) is 2.48. The first-order valence-corrected chi connectivity index (χ1v) is 5.05. The molecule has 0 aliphatic heterocycles. The van der Waals surface area contributed by atoms with Crippen LogP contribution in [-0.2, 0) is 12.8 Å². The lowest BCUT2D eigenvalue weighted by molar-refractivity contribution is 0.628. The Morgan fingerprint density at radius 1 is 1.29 bits per heavy atom. The normalized spacial score (nSPS) is 15.0. The Hall–Kier alpha value is -1.31. The van der Waals surface area contributed by atoms with E-state index in [1.165, 1.54) is 17.7 Å². The first-order chi connectivity index (χ1) is 6.75. The molecule has 0 amide bonds. The van der Waals surface area contributed by atoms with Crippen LogP contribution in [0.5, 0.6) is 0 Å². The van der Waals surface area contributed by atoms with Gasteiger partial charge >= 0.3 is 0 Å². The number of benzene rings is 1. The number of hydrogen-bond donors (Lipinski definition) is 1. The van der Waals surface area contributed by atoms with Crippen LogP contribution in [0.1, 0.15) is 23.2 Å². The number of fused-ring (bicyclic) bond motifs is 3. The molecule has 1 aromatic heterocycles. The number of nitrogens with one attached hydrogen (secondary N) is 1. The predicted octanol–water partition coefficient (Wildman–Crippen LogP) is 3.10. The van der Waals surface area contributed by atoms with E-state index in [4.69, 9.17) is 0 Å². The van der Waals surface area contributed by atoms with Gasteiger partial charge in [-0.3, -0.25) is 0 Å². The minimum Gasteiger partial charge on any atom is -0.358 e. The van der Waals surface area contributed by atoms with Gasteiger partial charge in [-0.25, -0.2) is 4.39 Å². The van der Waals surface area contributed by atoms with Crippen LogP contribution in [0.25, 0.3) is 10.9 Å². The third-order valence-corrected chi connectivity index (χ3v) is 3.12. The smallest absolute Gasteiger partial charge is 0.124 e. The monoisotopic (exact) mass is 189 g/mol. The summed E-state index contributed by atoms with van der Waals surface area (Å²) >= 11 is 0. The molecule has 1 aromatic carbocycles. The molecule has 2 aromatic rings. The Morgan fingerprint density at radius 2 is 2.14 bits per heavy atom. The molecule has 0 bridgehead atoms. The van der Waals surface area contributed by atoms with E-state index in [-0.39, 0.29) is 5.82 Å². The number of aryl methyl sites for hydroxylation is 3. The number of halogens is 1. The first kappa shape index (κ1) is 8.04. The van der Waals surface area contributed by atoms with Gasteiger partial charge in [-0.05, 0) is 49.4 Å². The van der Waals surface area contributed by atoms with Crippen LogP contribution >= 0.6 is 0 Å². The maximum atomic E-state index is 13.2. The first-order valence-electron chi connectivity index (χ1n) is 5.05. The highest BCUT2D eigenvalue weighted by Crippen LogP contribution is 2.31. The van der Waals surface area contributed by atoms with Crippen LogP contribution in [0, 0.1) is 12.7 Å². The number of rotatable bonds is 0. The molecular formula is C12H12FN. The van der Waals surface area contributed by atoms with Crippen LogP contribution in [0.4, 0.5) is 4.39 Å². The van der Waals surface area contributed by atoms with Crippen molar-refractivity contribution in [2.24, 2.45) is 0 Å². The molecule has 1 aliphatic rings. The molecule has 1 heterocycles. The second kappa shape index (κ2) is 2.59. The number of H-pyrrole nitrogens is 1. The lowest BCUT2D eigenvalue weighted by atomic mass is 10.1. The van der Waals surface area contributed by atoms with Gasteiger partial charge in [-0.1, -0.05) is 0 Å². The van der Waals surface area contributed by atoms with Crippen molar-refractivity contribution in [2.75, 3.05) is 0 Å². The van der Waals surface area contributed by atoms with Gasteiger partial charge in [0.25, 0.3) is 0 Å². The molecule has 0 saturated heterocycles. The molecule has 1 N–H and O–H groups in total. The summed E-state index contributed by atoms with van der Waals surface area (Å²) < 4.78 is 13.2. The quantitative estimate of drug-likeness (QED) is 0.655. The summed E-state index contributed by atoms with van der Waals surface area (Å²) in [7, 11) is 0. The standard InChI is InChI=1S/C12H12FN/c1-7-5-8(13)6-10-9-3-2-4-11(9)14-12(7)10/h5-6,14H,2-4H2,1H3. The van der Waals surface area contributed by atoms with Gasteiger partial charge in [-0.15, -0.1) is 0 Å². The van der Waals surface area contributed by atoms with Crippen molar-refractivity contribution < 1.29 is 4.39 Å². The Labute approximate surface area is 81.9 Å². The maximum Gasteiger partial charge on any atom is 0.124 e. The SMILES string of the molecule is Cc1cc(F)cc2c3c([nH]c12)CCC3. The van der Waals surface area contributed by atoms with Gasteiger partial charge < -0.3 is 4.98 Å². The summed E-state index contributed by atoms with van der Waals surface area (Å²) in [5.74, 6) is -0.122. The minimum absolute atomic E-state index is 0.122. The Kier molecular flexibility index (Phi) is 1.49. The molecule has 0 atom stereocenters. The summed E-state index contributed by atoms with van der Waals surface area (Å²) in [6.45, 7) is 1.96. The second-order valence-electron chi connectivity index (χ2n) is 4.08. The number of aromatic amines is 1. The van der Waals surface area contributed by atoms with E-state index in [1.54, 1.807) is 12.1 Å². The zero-order valence-electron chi connectivity index (χ0n) is 8.15. The summed E-state index contributed by atoms with van der Waals surface area (Å²) in [5.41, 5.74) is 4.78. The van der Waals surface area contributed by atoms with Gasteiger partial charge in [0.15, 0.2) is 0 Å². The van der Waals surface area contributed by atoms with Gasteiger partial charge in [0.05, 0.1) is 0 Å². The van der Waals surface area contributed by atoms with E-state index < -0.39 is 0 Å². The fourth-order valence-corrected chi connectivity index (χ4v) is 2.48. The molecule has 0 fully saturated rings. The molecule has 1 nitrogen and oxygen atoms in total. The molecule has 0 unspecified atom stereocenters. The lowest BCUT2D eigenvalue weighted by Gasteiger charge is -1.98. The lowest BCUT2D eigenvalue weighted by Crippen LogP contribution is -1.83. The molecule has 3 rings (SSSR count). The van der Waals surface area contributed by atoms with E-state index in [9.17, 15) is 4.39 Å². The fraction of sp³-hybridized carbons (Fsp3) is 0.333. The van der Waals surface area contributed by atoms with Crippen LogP contribution in [0.15, 0.2) is 12.1 Å². The van der Waals surface area contributed by atoms with Crippen LogP contribution < -0.4 is 0 Å². The highest BCUT2D eigenvalue weighted by molar-refractivity contribution is 5.87. The minimum atomic E-state index is -0.122. The maximum absolute atomic E-state index is 13.2. The van der Waals surface area contributed by atoms with Crippen LogP contribution in [0.3, 0.4) is 0 Å². The highest BCUT2D eigenvalue weighted by Gasteiger charge is 2.17. The highest BCUT2D eigenvalue weighted by atomic mass is 19.1. The van der Waals surface area contributed by atoms with Crippen molar-refractivity contribution in [3.05, 3.63) is 34.8 Å². The van der Waals surface area contributed by atoms with Crippen molar-refractivity contribution in [1.29, 1.82) is 0 Å². The Balaban J connectivity index is 2.43. The van der Waals surface area contributed by atoms with E-state index in [0.29, 0.717) is 0 Å². The Morgan fingerprint density at radius 3 is 3.00 bits per heavy atom. The number of aromatic nitrogens is 1. The third kappa shape index (κ3) is 0.939. The average Bonchev–Trinajstić information content (AvgIpc) is 2.65. The van der Waals surface area contributed by atoms with Crippen molar-refractivity contribution in [3.63, 3.8) is 0 Å². The largest absolute Gasteiger partial charge is 0.358 e. The van der Waals surface area contributed by atoms with Crippen LogP contribution in [0.2, 0.25) is 0 Å². The number of hydrogen-bond acceptors (Lipinski definition) is 0. The van der Waals surface area contributed by atoms with Gasteiger partial charge in [0, 0.05) is 16.6 Å². The average molecular weight is 189 g/mol. The predicted molar refractivity (Wildman–Crippen MR) is 55.0 cm³/mol. The zero-order chi connectivity index (χ0) is 9.71. The Bertz CT molecular complexity index is 511. The summed E-state index contributed by atoms with van der Waals surface area (Å²) in [6.07, 6.45) is 3.41. The van der Waals surface area contributed by atoms with Crippen molar-refractivity contribution in [1.82, 2.24) is 4.98 Å².